The summed E-state index contributed by atoms with van der Waals surface area (Å²) < 4.78 is 11.0. The van der Waals surface area contributed by atoms with Crippen LogP contribution in [0.1, 0.15) is 21.8 Å². The third kappa shape index (κ3) is 4.00. The second-order valence-corrected chi connectivity index (χ2v) is 6.72. The number of oxazole rings is 1. The predicted molar refractivity (Wildman–Crippen MR) is 109 cm³/mol. The molecule has 1 N–H and O–H groups in total. The molecule has 0 bridgehead atoms. The van der Waals surface area contributed by atoms with Gasteiger partial charge >= 0.3 is 0 Å². The number of hydrogen-bond donors (Lipinski definition) is 1. The SMILES string of the molecule is COc1cccc(C(=O)Nc2ccc3oc(Cc4ccc(Cl)cc4)nc3c2)c1. The molecule has 1 aromatic heterocycles. The maximum Gasteiger partial charge on any atom is 0.255 e. The Bertz CT molecular complexity index is 1140. The molecule has 0 aliphatic heterocycles. The molecule has 0 radical (unpaired) electrons. The van der Waals surface area contributed by atoms with E-state index in [0.717, 1.165) is 5.56 Å². The lowest BCUT2D eigenvalue weighted by molar-refractivity contribution is 0.102. The van der Waals surface area contributed by atoms with Gasteiger partial charge < -0.3 is 14.5 Å². The zero-order valence-electron chi connectivity index (χ0n) is 15.1. The molecule has 0 aliphatic rings. The van der Waals surface area contributed by atoms with Crippen molar-refractivity contribution in [3.63, 3.8) is 0 Å². The molecule has 5 nitrogen and oxygen atoms in total. The van der Waals surface area contributed by atoms with Crippen LogP contribution in [0.25, 0.3) is 11.1 Å². The molecule has 6 heteroatoms. The Hall–Kier alpha value is -3.31. The minimum atomic E-state index is -0.219. The molecule has 0 aliphatic carbocycles. The Kier molecular flexibility index (Phi) is 5.00. The molecule has 3 aromatic carbocycles. The number of anilines is 1. The molecule has 0 fully saturated rings. The largest absolute Gasteiger partial charge is 0.497 e. The smallest absolute Gasteiger partial charge is 0.255 e. The fourth-order valence-corrected chi connectivity index (χ4v) is 3.00. The summed E-state index contributed by atoms with van der Waals surface area (Å²) in [7, 11) is 1.57. The Morgan fingerprint density at radius 2 is 1.93 bits per heavy atom. The highest BCUT2D eigenvalue weighted by molar-refractivity contribution is 6.30. The average molecular weight is 393 g/mol. The fourth-order valence-electron chi connectivity index (χ4n) is 2.87. The number of ether oxygens (including phenoxy) is 1. The summed E-state index contributed by atoms with van der Waals surface area (Å²) in [6, 6.07) is 19.9. The number of amides is 1. The van der Waals surface area contributed by atoms with Crippen LogP contribution in [0.4, 0.5) is 5.69 Å². The van der Waals surface area contributed by atoms with E-state index < -0.39 is 0 Å². The molecule has 1 heterocycles. The zero-order chi connectivity index (χ0) is 19.5. The quantitative estimate of drug-likeness (QED) is 0.498. The minimum Gasteiger partial charge on any atom is -0.497 e. The van der Waals surface area contributed by atoms with Crippen LogP contribution in [-0.2, 0) is 6.42 Å². The van der Waals surface area contributed by atoms with Crippen molar-refractivity contribution < 1.29 is 13.9 Å². The van der Waals surface area contributed by atoms with E-state index in [1.165, 1.54) is 0 Å². The van der Waals surface area contributed by atoms with Gasteiger partial charge in [0, 0.05) is 22.7 Å². The third-order valence-electron chi connectivity index (χ3n) is 4.29. The lowest BCUT2D eigenvalue weighted by Gasteiger charge is -2.06. The van der Waals surface area contributed by atoms with E-state index in [2.05, 4.69) is 10.3 Å². The minimum absolute atomic E-state index is 0.219. The molecular formula is C22H17ClN2O3. The first kappa shape index (κ1) is 18.1. The highest BCUT2D eigenvalue weighted by Gasteiger charge is 2.11. The molecule has 140 valence electrons. The van der Waals surface area contributed by atoms with Gasteiger partial charge in [-0.1, -0.05) is 29.8 Å². The van der Waals surface area contributed by atoms with Gasteiger partial charge in [-0.25, -0.2) is 4.98 Å². The zero-order valence-corrected chi connectivity index (χ0v) is 15.9. The standard InChI is InChI=1S/C22H17ClN2O3/c1-27-18-4-2-3-15(12-18)22(26)24-17-9-10-20-19(13-17)25-21(28-20)11-14-5-7-16(23)8-6-14/h2-10,12-13H,11H2,1H3,(H,24,26). The number of halogens is 1. The highest BCUT2D eigenvalue weighted by Crippen LogP contribution is 2.23. The van der Waals surface area contributed by atoms with Gasteiger partial charge in [0.15, 0.2) is 11.5 Å². The number of aromatic nitrogens is 1. The van der Waals surface area contributed by atoms with E-state index in [-0.39, 0.29) is 5.91 Å². The van der Waals surface area contributed by atoms with Crippen molar-refractivity contribution >= 4 is 34.3 Å². The van der Waals surface area contributed by atoms with E-state index in [0.29, 0.717) is 45.4 Å². The monoisotopic (exact) mass is 392 g/mol. The number of fused-ring (bicyclic) bond motifs is 1. The van der Waals surface area contributed by atoms with Gasteiger partial charge in [-0.2, -0.15) is 0 Å². The lowest BCUT2D eigenvalue weighted by Crippen LogP contribution is -2.11. The van der Waals surface area contributed by atoms with Crippen molar-refractivity contribution in [1.29, 1.82) is 0 Å². The van der Waals surface area contributed by atoms with Crippen molar-refractivity contribution in [3.05, 3.63) is 88.8 Å². The van der Waals surface area contributed by atoms with E-state index in [1.54, 1.807) is 49.6 Å². The fraction of sp³-hybridized carbons (Fsp3) is 0.0909. The Morgan fingerprint density at radius 1 is 1.11 bits per heavy atom. The Morgan fingerprint density at radius 3 is 2.71 bits per heavy atom. The van der Waals surface area contributed by atoms with Crippen LogP contribution in [0.5, 0.6) is 5.75 Å². The summed E-state index contributed by atoms with van der Waals surface area (Å²) in [6.07, 6.45) is 0.567. The maximum absolute atomic E-state index is 12.5. The Balaban J connectivity index is 1.52. The summed E-state index contributed by atoms with van der Waals surface area (Å²) in [5.41, 5.74) is 3.58. The summed E-state index contributed by atoms with van der Waals surface area (Å²) in [5.74, 6) is 1.02. The van der Waals surface area contributed by atoms with Gasteiger partial charge in [-0.05, 0) is 54.1 Å². The summed E-state index contributed by atoms with van der Waals surface area (Å²) in [6.45, 7) is 0. The number of carbonyl (C=O) groups excluding carboxylic acids is 1. The number of benzene rings is 3. The van der Waals surface area contributed by atoms with Crippen LogP contribution in [0.2, 0.25) is 5.02 Å². The summed E-state index contributed by atoms with van der Waals surface area (Å²) in [4.78, 5) is 17.0. The van der Waals surface area contributed by atoms with E-state index in [1.807, 2.05) is 24.3 Å². The van der Waals surface area contributed by atoms with Gasteiger partial charge in [0.1, 0.15) is 11.3 Å². The van der Waals surface area contributed by atoms with Crippen LogP contribution in [0, 0.1) is 0 Å². The second kappa shape index (κ2) is 7.74. The normalized spacial score (nSPS) is 10.8. The van der Waals surface area contributed by atoms with Crippen LogP contribution >= 0.6 is 11.6 Å². The molecular weight excluding hydrogens is 376 g/mol. The number of hydrogen-bond acceptors (Lipinski definition) is 4. The topological polar surface area (TPSA) is 64.4 Å². The lowest BCUT2D eigenvalue weighted by atomic mass is 10.1. The molecule has 0 saturated carbocycles. The predicted octanol–water partition coefficient (Wildman–Crippen LogP) is 5.33. The summed E-state index contributed by atoms with van der Waals surface area (Å²) >= 11 is 5.92. The van der Waals surface area contributed by atoms with Crippen LogP contribution in [-0.4, -0.2) is 18.0 Å². The van der Waals surface area contributed by atoms with Crippen molar-refractivity contribution in [2.24, 2.45) is 0 Å². The highest BCUT2D eigenvalue weighted by atomic mass is 35.5. The number of nitrogens with one attached hydrogen (secondary N) is 1. The maximum atomic E-state index is 12.5. The molecule has 0 spiro atoms. The Labute approximate surface area is 166 Å². The first-order valence-corrected chi connectivity index (χ1v) is 9.08. The number of methoxy groups -OCH3 is 1. The van der Waals surface area contributed by atoms with Crippen molar-refractivity contribution in [3.8, 4) is 5.75 Å². The molecule has 0 saturated heterocycles. The second-order valence-electron chi connectivity index (χ2n) is 6.28. The molecule has 1 amide bonds. The van der Waals surface area contributed by atoms with Crippen LogP contribution in [0.15, 0.2) is 71.1 Å². The molecule has 0 atom stereocenters. The molecule has 4 aromatic rings. The van der Waals surface area contributed by atoms with Crippen molar-refractivity contribution in [2.75, 3.05) is 12.4 Å². The van der Waals surface area contributed by atoms with E-state index >= 15 is 0 Å². The van der Waals surface area contributed by atoms with Gasteiger partial charge in [-0.15, -0.1) is 0 Å². The average Bonchev–Trinajstić information content (AvgIpc) is 3.11. The molecule has 4 rings (SSSR count). The van der Waals surface area contributed by atoms with Crippen LogP contribution in [0.3, 0.4) is 0 Å². The number of nitrogens with zero attached hydrogens (tertiary/aromatic N) is 1. The van der Waals surface area contributed by atoms with Gasteiger partial charge in [0.2, 0.25) is 0 Å². The molecule has 28 heavy (non-hydrogen) atoms. The summed E-state index contributed by atoms with van der Waals surface area (Å²) in [5, 5.41) is 3.57. The van der Waals surface area contributed by atoms with Gasteiger partial charge in [0.05, 0.1) is 7.11 Å². The van der Waals surface area contributed by atoms with Crippen LogP contribution < -0.4 is 10.1 Å². The number of rotatable bonds is 5. The van der Waals surface area contributed by atoms with Crippen molar-refractivity contribution in [1.82, 2.24) is 4.98 Å². The van der Waals surface area contributed by atoms with E-state index in [9.17, 15) is 4.79 Å². The van der Waals surface area contributed by atoms with Crippen molar-refractivity contribution in [2.45, 2.75) is 6.42 Å². The molecule has 0 unspecified atom stereocenters. The first-order valence-electron chi connectivity index (χ1n) is 8.70. The van der Waals surface area contributed by atoms with Gasteiger partial charge in [-0.3, -0.25) is 4.79 Å². The third-order valence-corrected chi connectivity index (χ3v) is 4.54. The van der Waals surface area contributed by atoms with Gasteiger partial charge in [0.25, 0.3) is 5.91 Å². The number of carbonyl (C=O) groups is 1. The first-order chi connectivity index (χ1) is 13.6. The van der Waals surface area contributed by atoms with E-state index in [4.69, 9.17) is 20.8 Å².